The van der Waals surface area contributed by atoms with Crippen LogP contribution >= 0.6 is 0 Å². The van der Waals surface area contributed by atoms with E-state index >= 15 is 0 Å². The fourth-order valence-electron chi connectivity index (χ4n) is 2.23. The van der Waals surface area contributed by atoms with E-state index in [1.54, 1.807) is 6.92 Å². The van der Waals surface area contributed by atoms with E-state index in [2.05, 4.69) is 37.7 Å². The Bertz CT molecular complexity index is 267. The van der Waals surface area contributed by atoms with E-state index in [0.29, 0.717) is 6.42 Å². The zero-order chi connectivity index (χ0) is 15.1. The molecule has 0 aliphatic carbocycles. The summed E-state index contributed by atoms with van der Waals surface area (Å²) in [7, 11) is 5.51. The quantitative estimate of drug-likeness (QED) is 0.633. The van der Waals surface area contributed by atoms with Crippen molar-refractivity contribution in [3.63, 3.8) is 0 Å². The molecule has 2 atom stereocenters. The Morgan fingerprint density at radius 1 is 1.32 bits per heavy atom. The lowest BCUT2D eigenvalue weighted by molar-refractivity contribution is -0.147. The van der Waals surface area contributed by atoms with Crippen molar-refractivity contribution in [2.24, 2.45) is 5.73 Å². The molecule has 114 valence electrons. The predicted molar refractivity (Wildman–Crippen MR) is 79.1 cm³/mol. The van der Waals surface area contributed by atoms with Gasteiger partial charge in [0, 0.05) is 19.1 Å². The van der Waals surface area contributed by atoms with Crippen molar-refractivity contribution in [2.45, 2.75) is 45.2 Å². The van der Waals surface area contributed by atoms with Crippen LogP contribution in [0.15, 0.2) is 0 Å². The Kier molecular flexibility index (Phi) is 8.22. The summed E-state index contributed by atoms with van der Waals surface area (Å²) in [5.41, 5.74) is 5.13. The molecule has 0 aliphatic heterocycles. The Hall–Kier alpha value is -0.650. The number of rotatable bonds is 9. The molecule has 0 rings (SSSR count). The predicted octanol–water partition coefficient (Wildman–Crippen LogP) is 0.929. The average Bonchev–Trinajstić information content (AvgIpc) is 2.32. The highest BCUT2D eigenvalue weighted by Crippen LogP contribution is 2.15. The molecule has 0 aliphatic rings. The Morgan fingerprint density at radius 2 is 1.89 bits per heavy atom. The first-order valence-corrected chi connectivity index (χ1v) is 7.00. The van der Waals surface area contributed by atoms with Gasteiger partial charge in [0.2, 0.25) is 0 Å². The summed E-state index contributed by atoms with van der Waals surface area (Å²) in [4.78, 5) is 16.2. The van der Waals surface area contributed by atoms with E-state index in [1.807, 2.05) is 0 Å². The highest BCUT2D eigenvalue weighted by atomic mass is 16.5. The molecule has 0 fully saturated rings. The lowest BCUT2D eigenvalue weighted by atomic mass is 9.94. The number of esters is 1. The van der Waals surface area contributed by atoms with Gasteiger partial charge in [0.25, 0.3) is 0 Å². The first-order valence-electron chi connectivity index (χ1n) is 7.00. The molecule has 0 saturated heterocycles. The van der Waals surface area contributed by atoms with Gasteiger partial charge in [-0.15, -0.1) is 0 Å². The van der Waals surface area contributed by atoms with Crippen LogP contribution in [0.4, 0.5) is 0 Å². The second-order valence-corrected chi connectivity index (χ2v) is 5.80. The lowest BCUT2D eigenvalue weighted by Gasteiger charge is -2.34. The van der Waals surface area contributed by atoms with Gasteiger partial charge in [0.15, 0.2) is 0 Å². The van der Waals surface area contributed by atoms with Crippen LogP contribution in [-0.2, 0) is 9.53 Å². The van der Waals surface area contributed by atoms with Gasteiger partial charge in [-0.3, -0.25) is 9.69 Å². The van der Waals surface area contributed by atoms with Crippen LogP contribution < -0.4 is 5.73 Å². The number of carbonyl (C=O) groups is 1. The van der Waals surface area contributed by atoms with Gasteiger partial charge in [-0.05, 0) is 47.3 Å². The maximum atomic E-state index is 11.6. The van der Waals surface area contributed by atoms with Gasteiger partial charge < -0.3 is 15.4 Å². The Balaban J connectivity index is 4.53. The highest BCUT2D eigenvalue weighted by Gasteiger charge is 2.32. The normalized spacial score (nSPS) is 16.5. The summed E-state index contributed by atoms with van der Waals surface area (Å²) in [6, 6.07) is 0.258. The fourth-order valence-corrected chi connectivity index (χ4v) is 2.23. The highest BCUT2D eigenvalue weighted by molar-refractivity contribution is 5.79. The molecule has 0 aromatic heterocycles. The summed E-state index contributed by atoms with van der Waals surface area (Å²) >= 11 is 0. The minimum atomic E-state index is -0.918. The van der Waals surface area contributed by atoms with Crippen molar-refractivity contribution < 1.29 is 9.53 Å². The molecule has 0 saturated carbocycles. The van der Waals surface area contributed by atoms with Crippen LogP contribution in [0.1, 0.15) is 33.6 Å². The van der Waals surface area contributed by atoms with E-state index in [-0.39, 0.29) is 12.0 Å². The summed E-state index contributed by atoms with van der Waals surface area (Å²) in [5, 5.41) is 0. The largest absolute Gasteiger partial charge is 0.468 e. The number of methoxy groups -OCH3 is 1. The molecule has 0 radical (unpaired) electrons. The van der Waals surface area contributed by atoms with Crippen LogP contribution in [0.3, 0.4) is 0 Å². The van der Waals surface area contributed by atoms with E-state index in [9.17, 15) is 4.79 Å². The third-order valence-electron chi connectivity index (χ3n) is 3.34. The van der Waals surface area contributed by atoms with Crippen molar-refractivity contribution in [1.29, 1.82) is 0 Å². The minimum Gasteiger partial charge on any atom is -0.468 e. The average molecular weight is 273 g/mol. The van der Waals surface area contributed by atoms with Gasteiger partial charge in [0.05, 0.1) is 7.11 Å². The molecule has 5 nitrogen and oxygen atoms in total. The van der Waals surface area contributed by atoms with Gasteiger partial charge >= 0.3 is 5.97 Å². The molecule has 0 amide bonds. The van der Waals surface area contributed by atoms with Crippen LogP contribution in [0.5, 0.6) is 0 Å². The topological polar surface area (TPSA) is 58.8 Å². The standard InChI is InChI=1S/C14H31N3O2/c1-7-8-17(10-9-16(4)5)12(2)11-14(3,15)13(18)19-6/h12H,7-11,15H2,1-6H3. The number of hydrogen-bond donors (Lipinski definition) is 1. The smallest absolute Gasteiger partial charge is 0.325 e. The number of likely N-dealkylation sites (N-methyl/N-ethyl adjacent to an activating group) is 1. The molecule has 0 bridgehead atoms. The van der Waals surface area contributed by atoms with E-state index in [4.69, 9.17) is 10.5 Å². The summed E-state index contributed by atoms with van der Waals surface area (Å²) in [5.74, 6) is -0.344. The molecular formula is C14H31N3O2. The van der Waals surface area contributed by atoms with E-state index < -0.39 is 5.54 Å². The molecule has 2 N–H and O–H groups in total. The number of ether oxygens (including phenoxy) is 1. The first kappa shape index (κ1) is 18.4. The molecule has 2 unspecified atom stereocenters. The maximum absolute atomic E-state index is 11.6. The van der Waals surface area contributed by atoms with E-state index in [1.165, 1.54) is 7.11 Å². The molecule has 0 aromatic carbocycles. The second kappa shape index (κ2) is 8.51. The molecule has 0 spiro atoms. The van der Waals surface area contributed by atoms with Crippen LogP contribution in [0, 0.1) is 0 Å². The molecule has 0 aromatic rings. The third kappa shape index (κ3) is 6.89. The fraction of sp³-hybridized carbons (Fsp3) is 0.929. The number of nitrogens with two attached hydrogens (primary N) is 1. The summed E-state index contributed by atoms with van der Waals surface area (Å²) < 4.78 is 4.76. The zero-order valence-corrected chi connectivity index (χ0v) is 13.4. The zero-order valence-electron chi connectivity index (χ0n) is 13.4. The SMILES string of the molecule is CCCN(CCN(C)C)C(C)CC(C)(N)C(=O)OC. The Morgan fingerprint density at radius 3 is 2.32 bits per heavy atom. The number of carbonyl (C=O) groups excluding carboxylic acids is 1. The molecule has 19 heavy (non-hydrogen) atoms. The monoisotopic (exact) mass is 273 g/mol. The lowest BCUT2D eigenvalue weighted by Crippen LogP contribution is -2.51. The van der Waals surface area contributed by atoms with Gasteiger partial charge in [-0.2, -0.15) is 0 Å². The second-order valence-electron chi connectivity index (χ2n) is 5.80. The molecule has 5 heteroatoms. The first-order chi connectivity index (χ1) is 8.74. The van der Waals surface area contributed by atoms with Gasteiger partial charge in [0.1, 0.15) is 5.54 Å². The molecular weight excluding hydrogens is 242 g/mol. The van der Waals surface area contributed by atoms with Crippen molar-refractivity contribution >= 4 is 5.97 Å². The van der Waals surface area contributed by atoms with Crippen LogP contribution in [0.2, 0.25) is 0 Å². The Labute approximate surface area is 118 Å². The minimum absolute atomic E-state index is 0.258. The van der Waals surface area contributed by atoms with Crippen molar-refractivity contribution in [3.8, 4) is 0 Å². The van der Waals surface area contributed by atoms with Crippen LogP contribution in [0.25, 0.3) is 0 Å². The van der Waals surface area contributed by atoms with Crippen molar-refractivity contribution in [3.05, 3.63) is 0 Å². The van der Waals surface area contributed by atoms with Crippen molar-refractivity contribution in [2.75, 3.05) is 40.8 Å². The third-order valence-corrected chi connectivity index (χ3v) is 3.34. The number of hydrogen-bond acceptors (Lipinski definition) is 5. The molecule has 0 heterocycles. The van der Waals surface area contributed by atoms with Crippen LogP contribution in [-0.4, -0.2) is 68.2 Å². The maximum Gasteiger partial charge on any atom is 0.325 e. The summed E-state index contributed by atoms with van der Waals surface area (Å²) in [6.45, 7) is 9.04. The van der Waals surface area contributed by atoms with Gasteiger partial charge in [-0.25, -0.2) is 0 Å². The number of nitrogens with zero attached hydrogens (tertiary/aromatic N) is 2. The summed E-state index contributed by atoms with van der Waals surface area (Å²) in [6.07, 6.45) is 1.70. The van der Waals surface area contributed by atoms with Crippen molar-refractivity contribution in [1.82, 2.24) is 9.80 Å². The van der Waals surface area contributed by atoms with E-state index in [0.717, 1.165) is 26.1 Å². The van der Waals surface area contributed by atoms with Gasteiger partial charge in [-0.1, -0.05) is 6.92 Å².